The van der Waals surface area contributed by atoms with E-state index in [4.69, 9.17) is 5.73 Å². The zero-order valence-corrected chi connectivity index (χ0v) is 11.8. The summed E-state index contributed by atoms with van der Waals surface area (Å²) in [6.07, 6.45) is 0.729. The van der Waals surface area contributed by atoms with Crippen LogP contribution in [-0.2, 0) is 6.54 Å². The second-order valence-corrected chi connectivity index (χ2v) is 5.33. The van der Waals surface area contributed by atoms with E-state index in [2.05, 4.69) is 16.7 Å². The van der Waals surface area contributed by atoms with Gasteiger partial charge in [0.05, 0.1) is 12.6 Å². The van der Waals surface area contributed by atoms with Crippen molar-refractivity contribution >= 4 is 0 Å². The lowest BCUT2D eigenvalue weighted by molar-refractivity contribution is 0.127. The molecule has 1 aromatic rings. The molecule has 3 N–H and O–H groups in total. The van der Waals surface area contributed by atoms with Crippen LogP contribution in [0.5, 0.6) is 0 Å². The molecule has 0 amide bonds. The van der Waals surface area contributed by atoms with Crippen LogP contribution in [0.15, 0.2) is 18.2 Å². The van der Waals surface area contributed by atoms with Crippen molar-refractivity contribution in [1.82, 2.24) is 4.90 Å². The number of nitrogens with zero attached hydrogens (tertiary/aromatic N) is 1. The molecule has 1 fully saturated rings. The monoisotopic (exact) mass is 276 g/mol. The van der Waals surface area contributed by atoms with Crippen LogP contribution < -0.4 is 5.73 Å². The van der Waals surface area contributed by atoms with Crippen LogP contribution in [0.1, 0.15) is 24.5 Å². The summed E-state index contributed by atoms with van der Waals surface area (Å²) in [4.78, 5) is 2.28. The zero-order chi connectivity index (χ0) is 14.5. The number of nitrogens with two attached hydrogens (primary N) is 1. The van der Waals surface area contributed by atoms with E-state index in [1.165, 1.54) is 12.1 Å². The lowest BCUT2D eigenvalue weighted by Crippen LogP contribution is -2.24. The molecule has 0 bridgehead atoms. The number of rotatable bonds is 3. The molecule has 4 heteroatoms. The van der Waals surface area contributed by atoms with E-state index >= 15 is 0 Å². The molecule has 2 rings (SSSR count). The Bertz CT molecular complexity index is 519. The van der Waals surface area contributed by atoms with Crippen LogP contribution in [0.3, 0.4) is 0 Å². The van der Waals surface area contributed by atoms with Crippen molar-refractivity contribution in [3.8, 4) is 11.8 Å². The molecule has 0 saturated carbocycles. The van der Waals surface area contributed by atoms with Gasteiger partial charge in [-0.1, -0.05) is 17.9 Å². The van der Waals surface area contributed by atoms with Crippen LogP contribution in [0.2, 0.25) is 0 Å². The van der Waals surface area contributed by atoms with E-state index in [0.717, 1.165) is 31.6 Å². The van der Waals surface area contributed by atoms with Crippen LogP contribution in [0, 0.1) is 23.6 Å². The highest BCUT2D eigenvalue weighted by molar-refractivity contribution is 5.42. The second kappa shape index (κ2) is 6.85. The largest absolute Gasteiger partial charge is 0.393 e. The van der Waals surface area contributed by atoms with Crippen LogP contribution in [0.25, 0.3) is 0 Å². The molecule has 0 aliphatic carbocycles. The predicted octanol–water partition coefficient (Wildman–Crippen LogP) is 1.34. The van der Waals surface area contributed by atoms with Gasteiger partial charge in [0.15, 0.2) is 0 Å². The first-order valence-corrected chi connectivity index (χ1v) is 6.98. The van der Waals surface area contributed by atoms with E-state index in [1.54, 1.807) is 6.07 Å². The van der Waals surface area contributed by atoms with Crippen molar-refractivity contribution in [3.63, 3.8) is 0 Å². The lowest BCUT2D eigenvalue weighted by atomic mass is 10.0. The minimum atomic E-state index is -0.279. The minimum absolute atomic E-state index is 0.268. The Hall–Kier alpha value is -1.41. The van der Waals surface area contributed by atoms with Crippen molar-refractivity contribution in [3.05, 3.63) is 35.1 Å². The molecule has 2 atom stereocenters. The average Bonchev–Trinajstić information content (AvgIpc) is 2.88. The smallest absolute Gasteiger partial charge is 0.124 e. The highest BCUT2D eigenvalue weighted by Gasteiger charge is 2.26. The van der Waals surface area contributed by atoms with Gasteiger partial charge in [0.25, 0.3) is 0 Å². The van der Waals surface area contributed by atoms with Gasteiger partial charge in [0, 0.05) is 18.7 Å². The van der Waals surface area contributed by atoms with Gasteiger partial charge in [-0.15, -0.1) is 0 Å². The fourth-order valence-electron chi connectivity index (χ4n) is 2.59. The maximum absolute atomic E-state index is 13.3. The number of hydrogen-bond donors (Lipinski definition) is 2. The van der Waals surface area contributed by atoms with Gasteiger partial charge in [-0.05, 0) is 43.5 Å². The van der Waals surface area contributed by atoms with Crippen LogP contribution >= 0.6 is 0 Å². The minimum Gasteiger partial charge on any atom is -0.393 e. The third-order valence-electron chi connectivity index (χ3n) is 3.78. The summed E-state index contributed by atoms with van der Waals surface area (Å²) >= 11 is 0. The highest BCUT2D eigenvalue weighted by atomic mass is 19.1. The maximum Gasteiger partial charge on any atom is 0.124 e. The van der Waals surface area contributed by atoms with Gasteiger partial charge >= 0.3 is 0 Å². The number of hydrogen-bond acceptors (Lipinski definition) is 3. The molecule has 20 heavy (non-hydrogen) atoms. The summed E-state index contributed by atoms with van der Waals surface area (Å²) in [5, 5.41) is 9.63. The Morgan fingerprint density at radius 2 is 2.35 bits per heavy atom. The van der Waals surface area contributed by atoms with Crippen molar-refractivity contribution in [2.45, 2.75) is 26.0 Å². The van der Waals surface area contributed by atoms with Gasteiger partial charge in [-0.3, -0.25) is 4.90 Å². The van der Waals surface area contributed by atoms with E-state index < -0.39 is 0 Å². The first-order valence-electron chi connectivity index (χ1n) is 6.98. The lowest BCUT2D eigenvalue weighted by Gasteiger charge is -2.18. The SMILES string of the molecule is CC(O)C1CCN(Cc2ccc(F)cc2C#CCN)C1. The average molecular weight is 276 g/mol. The topological polar surface area (TPSA) is 49.5 Å². The molecule has 108 valence electrons. The molecule has 1 saturated heterocycles. The number of benzene rings is 1. The van der Waals surface area contributed by atoms with E-state index in [9.17, 15) is 9.50 Å². The molecule has 1 heterocycles. The summed E-state index contributed by atoms with van der Waals surface area (Å²) in [6, 6.07) is 4.71. The summed E-state index contributed by atoms with van der Waals surface area (Å²) in [5.41, 5.74) is 7.09. The summed E-state index contributed by atoms with van der Waals surface area (Å²) < 4.78 is 13.3. The number of likely N-dealkylation sites (tertiary alicyclic amines) is 1. The second-order valence-electron chi connectivity index (χ2n) is 5.33. The summed E-state index contributed by atoms with van der Waals surface area (Å²) in [6.45, 7) is 4.67. The van der Waals surface area contributed by atoms with Crippen molar-refractivity contribution in [2.24, 2.45) is 11.7 Å². The highest BCUT2D eigenvalue weighted by Crippen LogP contribution is 2.22. The molecule has 3 nitrogen and oxygen atoms in total. The van der Waals surface area contributed by atoms with Gasteiger partial charge in [0.1, 0.15) is 5.82 Å². The van der Waals surface area contributed by atoms with Gasteiger partial charge in [-0.2, -0.15) is 0 Å². The molecule has 2 unspecified atom stereocenters. The Morgan fingerprint density at radius 3 is 3.00 bits per heavy atom. The molecule has 1 aliphatic heterocycles. The Labute approximate surface area is 119 Å². The van der Waals surface area contributed by atoms with E-state index in [0.29, 0.717) is 11.5 Å². The van der Waals surface area contributed by atoms with Crippen molar-refractivity contribution < 1.29 is 9.50 Å². The molecular weight excluding hydrogens is 255 g/mol. The number of halogens is 1. The molecular formula is C16H21FN2O. The number of aliphatic hydroxyl groups is 1. The van der Waals surface area contributed by atoms with Gasteiger partial charge in [-0.25, -0.2) is 4.39 Å². The molecule has 0 radical (unpaired) electrons. The third kappa shape index (κ3) is 3.80. The zero-order valence-electron chi connectivity index (χ0n) is 11.8. The molecule has 0 spiro atoms. The predicted molar refractivity (Wildman–Crippen MR) is 77.4 cm³/mol. The fourth-order valence-corrected chi connectivity index (χ4v) is 2.59. The first kappa shape index (κ1) is 15.0. The first-order chi connectivity index (χ1) is 9.60. The number of aliphatic hydroxyl groups excluding tert-OH is 1. The van der Waals surface area contributed by atoms with E-state index in [-0.39, 0.29) is 18.5 Å². The van der Waals surface area contributed by atoms with Gasteiger partial charge in [0.2, 0.25) is 0 Å². The molecule has 1 aliphatic rings. The van der Waals surface area contributed by atoms with E-state index in [1.807, 2.05) is 6.92 Å². The van der Waals surface area contributed by atoms with Crippen molar-refractivity contribution in [1.29, 1.82) is 0 Å². The van der Waals surface area contributed by atoms with Gasteiger partial charge < -0.3 is 10.8 Å². The Morgan fingerprint density at radius 1 is 1.55 bits per heavy atom. The molecule has 1 aromatic carbocycles. The van der Waals surface area contributed by atoms with Crippen molar-refractivity contribution in [2.75, 3.05) is 19.6 Å². The molecule has 0 aromatic heterocycles. The fraction of sp³-hybridized carbons (Fsp3) is 0.500. The Kier molecular flexibility index (Phi) is 5.13. The quantitative estimate of drug-likeness (QED) is 0.819. The van der Waals surface area contributed by atoms with Crippen LogP contribution in [-0.4, -0.2) is 35.7 Å². The normalized spacial score (nSPS) is 20.5. The Balaban J connectivity index is 2.10. The summed E-state index contributed by atoms with van der Waals surface area (Å²) in [5.74, 6) is 5.76. The maximum atomic E-state index is 13.3. The van der Waals surface area contributed by atoms with Crippen LogP contribution in [0.4, 0.5) is 4.39 Å². The summed E-state index contributed by atoms with van der Waals surface area (Å²) in [7, 11) is 0. The standard InChI is InChI=1S/C16H21FN2O/c1-12(20)14-6-8-19(10-14)11-15-4-5-16(17)9-13(15)3-2-7-18/h4-5,9,12,14,20H,6-8,10-11,18H2,1H3. The third-order valence-corrected chi connectivity index (χ3v) is 3.78.